The minimum Gasteiger partial charge on any atom is -0.508 e. The Balaban J connectivity index is 2.00. The van der Waals surface area contributed by atoms with Gasteiger partial charge in [0.05, 0.1) is 5.52 Å². The lowest BCUT2D eigenvalue weighted by atomic mass is 10.1. The second-order valence-electron chi connectivity index (χ2n) is 4.20. The predicted octanol–water partition coefficient (Wildman–Crippen LogP) is 1.89. The Morgan fingerprint density at radius 3 is 2.95 bits per heavy atom. The fraction of sp³-hybridized carbons (Fsp3) is 0.154. The van der Waals surface area contributed by atoms with E-state index in [1.165, 1.54) is 11.8 Å². The van der Waals surface area contributed by atoms with Crippen molar-refractivity contribution in [1.82, 2.24) is 4.98 Å². The Labute approximate surface area is 113 Å². The van der Waals surface area contributed by atoms with E-state index in [2.05, 4.69) is 9.98 Å². The summed E-state index contributed by atoms with van der Waals surface area (Å²) in [7, 11) is 0. The number of hydrogen-bond donors (Lipinski definition) is 2. The van der Waals surface area contributed by atoms with Crippen molar-refractivity contribution in [1.29, 1.82) is 0 Å². The van der Waals surface area contributed by atoms with Crippen LogP contribution < -0.4 is 0 Å². The second-order valence-corrected chi connectivity index (χ2v) is 5.21. The number of carbonyl (C=O) groups is 1. The van der Waals surface area contributed by atoms with Crippen LogP contribution in [0, 0.1) is 0 Å². The average Bonchev–Trinajstić information content (AvgIpc) is 2.88. The largest absolute Gasteiger partial charge is 0.508 e. The van der Waals surface area contributed by atoms with E-state index in [0.717, 1.165) is 10.9 Å². The molecule has 1 atom stereocenters. The Bertz CT molecular complexity index is 699. The number of rotatable bonds is 2. The molecule has 0 radical (unpaired) electrons. The second kappa shape index (κ2) is 4.55. The number of phenols is 1. The molecule has 0 spiro atoms. The van der Waals surface area contributed by atoms with Gasteiger partial charge in [-0.2, -0.15) is 0 Å². The third-order valence-electron chi connectivity index (χ3n) is 2.85. The van der Waals surface area contributed by atoms with Gasteiger partial charge in [-0.25, -0.2) is 4.79 Å². The predicted molar refractivity (Wildman–Crippen MR) is 73.8 cm³/mol. The number of carboxylic acid groups (broad SMARTS) is 1. The molecule has 1 aliphatic heterocycles. The summed E-state index contributed by atoms with van der Waals surface area (Å²) in [5, 5.41) is 19.9. The fourth-order valence-electron chi connectivity index (χ4n) is 1.89. The molecular formula is C13H10N2O3S. The van der Waals surface area contributed by atoms with Gasteiger partial charge >= 0.3 is 5.97 Å². The summed E-state index contributed by atoms with van der Waals surface area (Å²) in [5.41, 5.74) is 1.51. The average molecular weight is 274 g/mol. The third-order valence-corrected chi connectivity index (χ3v) is 3.95. The number of aliphatic imine (C=N–C) groups is 1. The summed E-state index contributed by atoms with van der Waals surface area (Å²) in [6, 6.07) is 6.18. The van der Waals surface area contributed by atoms with Crippen LogP contribution >= 0.6 is 11.8 Å². The van der Waals surface area contributed by atoms with Crippen LogP contribution in [0.5, 0.6) is 5.75 Å². The number of pyridine rings is 1. The molecule has 0 amide bonds. The fourth-order valence-corrected chi connectivity index (χ4v) is 2.90. The molecule has 2 heterocycles. The zero-order valence-electron chi connectivity index (χ0n) is 9.78. The zero-order valence-corrected chi connectivity index (χ0v) is 10.6. The van der Waals surface area contributed by atoms with Crippen LogP contribution in [0.4, 0.5) is 0 Å². The Hall–Kier alpha value is -2.08. The summed E-state index contributed by atoms with van der Waals surface area (Å²) in [6.07, 6.45) is 1.65. The van der Waals surface area contributed by atoms with E-state index in [0.29, 0.717) is 16.3 Å². The maximum absolute atomic E-state index is 10.9. The van der Waals surface area contributed by atoms with Gasteiger partial charge in [-0.3, -0.25) is 9.98 Å². The van der Waals surface area contributed by atoms with E-state index in [1.807, 2.05) is 6.07 Å². The zero-order chi connectivity index (χ0) is 13.4. The number of nitrogens with zero attached hydrogens (tertiary/aromatic N) is 2. The number of fused-ring (bicyclic) bond motifs is 1. The quantitative estimate of drug-likeness (QED) is 0.873. The van der Waals surface area contributed by atoms with E-state index < -0.39 is 12.0 Å². The smallest absolute Gasteiger partial charge is 0.329 e. The van der Waals surface area contributed by atoms with Crippen molar-refractivity contribution >= 4 is 33.7 Å². The van der Waals surface area contributed by atoms with E-state index >= 15 is 0 Å². The van der Waals surface area contributed by atoms with E-state index in [-0.39, 0.29) is 5.75 Å². The topological polar surface area (TPSA) is 82.8 Å². The first-order valence-electron chi connectivity index (χ1n) is 5.66. The minimum atomic E-state index is -0.902. The van der Waals surface area contributed by atoms with Crippen molar-refractivity contribution in [2.24, 2.45) is 4.99 Å². The monoisotopic (exact) mass is 274 g/mol. The molecular weight excluding hydrogens is 264 g/mol. The van der Waals surface area contributed by atoms with Gasteiger partial charge in [-0.15, -0.1) is 11.8 Å². The number of aromatic nitrogens is 1. The molecule has 6 heteroatoms. The summed E-state index contributed by atoms with van der Waals surface area (Å²) >= 11 is 1.42. The minimum absolute atomic E-state index is 0.172. The van der Waals surface area contributed by atoms with Crippen molar-refractivity contribution < 1.29 is 15.0 Å². The number of thioether (sulfide) groups is 1. The number of aromatic hydroxyl groups is 1. The van der Waals surface area contributed by atoms with Crippen LogP contribution in [0.15, 0.2) is 35.5 Å². The van der Waals surface area contributed by atoms with Crippen molar-refractivity contribution in [3.8, 4) is 5.75 Å². The first-order valence-corrected chi connectivity index (χ1v) is 6.64. The molecule has 0 aliphatic carbocycles. The van der Waals surface area contributed by atoms with Crippen LogP contribution in [0.25, 0.3) is 10.9 Å². The Kier molecular flexibility index (Phi) is 2.87. The lowest BCUT2D eigenvalue weighted by Crippen LogP contribution is -2.17. The van der Waals surface area contributed by atoms with Crippen LogP contribution in [0.1, 0.15) is 5.56 Å². The molecule has 0 unspecified atom stereocenters. The molecule has 1 aromatic carbocycles. The third kappa shape index (κ3) is 2.26. The number of carboxylic acids is 1. The molecule has 2 aromatic rings. The molecule has 0 saturated heterocycles. The van der Waals surface area contributed by atoms with Gasteiger partial charge in [0.15, 0.2) is 6.04 Å². The summed E-state index contributed by atoms with van der Waals surface area (Å²) in [6.45, 7) is 0. The number of hydrogen-bond acceptors (Lipinski definition) is 5. The van der Waals surface area contributed by atoms with Gasteiger partial charge in [0.1, 0.15) is 10.8 Å². The SMILES string of the molecule is O=C(O)[C@H]1CSC(c2cnc3cc(O)ccc3c2)=N1. The van der Waals surface area contributed by atoms with Crippen LogP contribution in [0.2, 0.25) is 0 Å². The highest BCUT2D eigenvalue weighted by atomic mass is 32.2. The van der Waals surface area contributed by atoms with Gasteiger partial charge in [0.25, 0.3) is 0 Å². The van der Waals surface area contributed by atoms with Crippen LogP contribution in [-0.4, -0.2) is 38.0 Å². The molecule has 1 aromatic heterocycles. The van der Waals surface area contributed by atoms with Crippen molar-refractivity contribution in [3.63, 3.8) is 0 Å². The first-order chi connectivity index (χ1) is 9.13. The molecule has 5 nitrogen and oxygen atoms in total. The number of benzene rings is 1. The summed E-state index contributed by atoms with van der Waals surface area (Å²) in [4.78, 5) is 19.3. The van der Waals surface area contributed by atoms with Gasteiger partial charge in [0.2, 0.25) is 0 Å². The highest BCUT2D eigenvalue weighted by Crippen LogP contribution is 2.26. The lowest BCUT2D eigenvalue weighted by molar-refractivity contribution is -0.137. The van der Waals surface area contributed by atoms with Crippen LogP contribution in [0.3, 0.4) is 0 Å². The molecule has 3 rings (SSSR count). The summed E-state index contributed by atoms with van der Waals surface area (Å²) in [5.74, 6) is -0.273. The molecule has 19 heavy (non-hydrogen) atoms. The maximum Gasteiger partial charge on any atom is 0.329 e. The van der Waals surface area contributed by atoms with Gasteiger partial charge < -0.3 is 10.2 Å². The van der Waals surface area contributed by atoms with Gasteiger partial charge in [-0.1, -0.05) is 0 Å². The van der Waals surface area contributed by atoms with Gasteiger partial charge in [-0.05, 0) is 18.2 Å². The highest BCUT2D eigenvalue weighted by molar-refractivity contribution is 8.14. The van der Waals surface area contributed by atoms with Crippen molar-refractivity contribution in [2.45, 2.75) is 6.04 Å². The standard InChI is InChI=1S/C13H10N2O3S/c16-9-2-1-7-3-8(5-14-10(7)4-9)12-15-11(6-19-12)13(17)18/h1-5,11,16H,6H2,(H,17,18)/t11-/m1/s1. The Morgan fingerprint density at radius 1 is 1.37 bits per heavy atom. The Morgan fingerprint density at radius 2 is 2.21 bits per heavy atom. The van der Waals surface area contributed by atoms with Crippen LogP contribution in [-0.2, 0) is 4.79 Å². The maximum atomic E-state index is 10.9. The first kappa shape index (κ1) is 12.0. The number of aliphatic carboxylic acids is 1. The lowest BCUT2D eigenvalue weighted by Gasteiger charge is -2.02. The molecule has 0 saturated carbocycles. The van der Waals surface area contributed by atoms with E-state index in [1.54, 1.807) is 24.4 Å². The van der Waals surface area contributed by atoms with E-state index in [9.17, 15) is 9.90 Å². The van der Waals surface area contributed by atoms with Crippen molar-refractivity contribution in [2.75, 3.05) is 5.75 Å². The highest BCUT2D eigenvalue weighted by Gasteiger charge is 2.25. The summed E-state index contributed by atoms with van der Waals surface area (Å²) < 4.78 is 0. The molecule has 0 bridgehead atoms. The molecule has 0 fully saturated rings. The molecule has 2 N–H and O–H groups in total. The van der Waals surface area contributed by atoms with E-state index in [4.69, 9.17) is 5.11 Å². The van der Waals surface area contributed by atoms with Gasteiger partial charge in [0, 0.05) is 29.0 Å². The van der Waals surface area contributed by atoms with Crippen molar-refractivity contribution in [3.05, 3.63) is 36.0 Å². The molecule has 1 aliphatic rings. The number of phenolic OH excluding ortho intramolecular Hbond substituents is 1. The molecule has 96 valence electrons. The normalized spacial score (nSPS) is 18.5.